The van der Waals surface area contributed by atoms with E-state index in [4.69, 9.17) is 9.47 Å². The molecule has 0 heterocycles. The van der Waals surface area contributed by atoms with Gasteiger partial charge in [-0.2, -0.15) is 0 Å². The molecule has 0 aliphatic heterocycles. The fourth-order valence-corrected chi connectivity index (χ4v) is 1.99. The van der Waals surface area contributed by atoms with Crippen molar-refractivity contribution in [3.8, 4) is 0 Å². The minimum Gasteiger partial charge on any atom is -0.438 e. The molecule has 0 aromatic heterocycles. The zero-order valence-electron chi connectivity index (χ0n) is 11.3. The number of hydrogen-bond acceptors (Lipinski definition) is 5. The van der Waals surface area contributed by atoms with E-state index in [9.17, 15) is 9.59 Å². The van der Waals surface area contributed by atoms with Gasteiger partial charge in [-0.05, 0) is 12.8 Å². The zero-order chi connectivity index (χ0) is 13.5. The van der Waals surface area contributed by atoms with Gasteiger partial charge in [0.25, 0.3) is 6.29 Å². The van der Waals surface area contributed by atoms with E-state index < -0.39 is 12.4 Å². The van der Waals surface area contributed by atoms with E-state index >= 15 is 0 Å². The van der Waals surface area contributed by atoms with Crippen molar-refractivity contribution >= 4 is 12.1 Å². The summed E-state index contributed by atoms with van der Waals surface area (Å²) in [7, 11) is 1.22. The Bertz CT molecular complexity index is 281. The molecule has 1 unspecified atom stereocenters. The SMILES string of the molecule is COC(=O)OC(OC(=O)C1CCCCC1)C(C)C. The molecule has 0 aromatic rings. The van der Waals surface area contributed by atoms with Gasteiger partial charge in [-0.15, -0.1) is 0 Å². The largest absolute Gasteiger partial charge is 0.511 e. The van der Waals surface area contributed by atoms with Crippen LogP contribution in [0.15, 0.2) is 0 Å². The first-order valence-electron chi connectivity index (χ1n) is 6.49. The van der Waals surface area contributed by atoms with Crippen molar-refractivity contribution in [2.24, 2.45) is 11.8 Å². The van der Waals surface area contributed by atoms with Gasteiger partial charge in [0.1, 0.15) is 0 Å². The monoisotopic (exact) mass is 258 g/mol. The lowest BCUT2D eigenvalue weighted by atomic mass is 9.89. The van der Waals surface area contributed by atoms with Crippen molar-refractivity contribution in [1.82, 2.24) is 0 Å². The molecule has 1 saturated carbocycles. The van der Waals surface area contributed by atoms with E-state index in [1.165, 1.54) is 13.5 Å². The summed E-state index contributed by atoms with van der Waals surface area (Å²) < 4.78 is 14.6. The average Bonchev–Trinajstić information content (AvgIpc) is 2.38. The Morgan fingerprint density at radius 3 is 2.17 bits per heavy atom. The van der Waals surface area contributed by atoms with Gasteiger partial charge in [-0.25, -0.2) is 4.79 Å². The summed E-state index contributed by atoms with van der Waals surface area (Å²) in [5, 5.41) is 0. The van der Waals surface area contributed by atoms with Crippen LogP contribution in [-0.4, -0.2) is 25.5 Å². The van der Waals surface area contributed by atoms with Gasteiger partial charge in [-0.1, -0.05) is 33.1 Å². The minimum atomic E-state index is -0.869. The fourth-order valence-electron chi connectivity index (χ4n) is 1.99. The van der Waals surface area contributed by atoms with Crippen LogP contribution < -0.4 is 0 Å². The van der Waals surface area contributed by atoms with E-state index in [1.54, 1.807) is 0 Å². The molecular formula is C13H22O5. The molecule has 0 aromatic carbocycles. The van der Waals surface area contributed by atoms with Crippen molar-refractivity contribution in [3.05, 3.63) is 0 Å². The van der Waals surface area contributed by atoms with E-state index in [-0.39, 0.29) is 17.8 Å². The summed E-state index contributed by atoms with van der Waals surface area (Å²) in [4.78, 5) is 23.0. The number of carbonyl (C=O) groups is 2. The number of hydrogen-bond donors (Lipinski definition) is 0. The number of rotatable bonds is 4. The maximum atomic E-state index is 11.9. The third-order valence-electron chi connectivity index (χ3n) is 3.09. The van der Waals surface area contributed by atoms with Gasteiger partial charge in [0.2, 0.25) is 0 Å². The van der Waals surface area contributed by atoms with E-state index in [1.807, 2.05) is 13.8 Å². The smallest absolute Gasteiger partial charge is 0.438 e. The maximum Gasteiger partial charge on any atom is 0.511 e. The zero-order valence-corrected chi connectivity index (χ0v) is 11.3. The second kappa shape index (κ2) is 7.24. The summed E-state index contributed by atoms with van der Waals surface area (Å²) >= 11 is 0. The average molecular weight is 258 g/mol. The highest BCUT2D eigenvalue weighted by molar-refractivity contribution is 5.72. The summed E-state index contributed by atoms with van der Waals surface area (Å²) in [6.07, 6.45) is 3.32. The van der Waals surface area contributed by atoms with Crippen molar-refractivity contribution in [2.75, 3.05) is 7.11 Å². The van der Waals surface area contributed by atoms with Gasteiger partial charge in [0, 0.05) is 5.92 Å². The Hall–Kier alpha value is -1.26. The van der Waals surface area contributed by atoms with Crippen LogP contribution >= 0.6 is 0 Å². The first-order valence-corrected chi connectivity index (χ1v) is 6.49. The molecule has 18 heavy (non-hydrogen) atoms. The molecule has 0 bridgehead atoms. The van der Waals surface area contributed by atoms with Gasteiger partial charge < -0.3 is 14.2 Å². The highest BCUT2D eigenvalue weighted by Crippen LogP contribution is 2.25. The molecule has 0 amide bonds. The Morgan fingerprint density at radius 2 is 1.67 bits per heavy atom. The highest BCUT2D eigenvalue weighted by atomic mass is 16.8. The topological polar surface area (TPSA) is 61.8 Å². The molecule has 0 radical (unpaired) electrons. The fraction of sp³-hybridized carbons (Fsp3) is 0.846. The van der Waals surface area contributed by atoms with E-state index in [0.717, 1.165) is 25.7 Å². The second-order valence-corrected chi connectivity index (χ2v) is 4.96. The predicted octanol–water partition coefficient (Wildman–Crippen LogP) is 2.88. The molecule has 0 spiro atoms. The van der Waals surface area contributed by atoms with Gasteiger partial charge in [0.05, 0.1) is 13.0 Å². The first-order chi connectivity index (χ1) is 8.54. The third-order valence-corrected chi connectivity index (χ3v) is 3.09. The van der Waals surface area contributed by atoms with Crippen LogP contribution in [0, 0.1) is 11.8 Å². The van der Waals surface area contributed by atoms with E-state index in [2.05, 4.69) is 4.74 Å². The standard InChI is InChI=1S/C13H22O5/c1-9(2)12(18-13(15)16-3)17-11(14)10-7-5-4-6-8-10/h9-10,12H,4-8H2,1-3H3. The number of carbonyl (C=O) groups excluding carboxylic acids is 2. The molecule has 5 nitrogen and oxygen atoms in total. The molecule has 104 valence electrons. The molecular weight excluding hydrogens is 236 g/mol. The van der Waals surface area contributed by atoms with Crippen LogP contribution in [0.1, 0.15) is 46.0 Å². The van der Waals surface area contributed by atoms with Crippen LogP contribution in [-0.2, 0) is 19.0 Å². The van der Waals surface area contributed by atoms with Crippen LogP contribution in [0.5, 0.6) is 0 Å². The summed E-state index contributed by atoms with van der Waals surface area (Å²) in [5.74, 6) is -0.421. The Kier molecular flexibility index (Phi) is 5.95. The number of ether oxygens (including phenoxy) is 3. The Morgan fingerprint density at radius 1 is 1.06 bits per heavy atom. The molecule has 1 aliphatic carbocycles. The molecule has 1 fully saturated rings. The van der Waals surface area contributed by atoms with Crippen LogP contribution in [0.4, 0.5) is 4.79 Å². The van der Waals surface area contributed by atoms with E-state index in [0.29, 0.717) is 0 Å². The van der Waals surface area contributed by atoms with Gasteiger partial charge >= 0.3 is 12.1 Å². The number of methoxy groups -OCH3 is 1. The lowest BCUT2D eigenvalue weighted by Gasteiger charge is -2.25. The highest BCUT2D eigenvalue weighted by Gasteiger charge is 2.28. The van der Waals surface area contributed by atoms with Crippen LogP contribution in [0.25, 0.3) is 0 Å². The van der Waals surface area contributed by atoms with Gasteiger partial charge in [-0.3, -0.25) is 4.79 Å². The minimum absolute atomic E-state index is 0.0544. The molecule has 5 heteroatoms. The third kappa shape index (κ3) is 4.55. The molecule has 1 aliphatic rings. The van der Waals surface area contributed by atoms with Crippen molar-refractivity contribution in [3.63, 3.8) is 0 Å². The summed E-state index contributed by atoms with van der Waals surface area (Å²) in [6, 6.07) is 0. The predicted molar refractivity (Wildman–Crippen MR) is 64.8 cm³/mol. The second-order valence-electron chi connectivity index (χ2n) is 4.96. The van der Waals surface area contributed by atoms with Gasteiger partial charge in [0.15, 0.2) is 0 Å². The van der Waals surface area contributed by atoms with Crippen LogP contribution in [0.3, 0.4) is 0 Å². The molecule has 1 atom stereocenters. The molecule has 0 N–H and O–H groups in total. The first kappa shape index (κ1) is 14.8. The van der Waals surface area contributed by atoms with Crippen molar-refractivity contribution < 1.29 is 23.8 Å². The Labute approximate surface area is 108 Å². The normalized spacial score (nSPS) is 18.2. The quantitative estimate of drug-likeness (QED) is 0.573. The van der Waals surface area contributed by atoms with Crippen LogP contribution in [0.2, 0.25) is 0 Å². The molecule has 1 rings (SSSR count). The Balaban J connectivity index is 2.48. The lowest BCUT2D eigenvalue weighted by molar-refractivity contribution is -0.184. The lowest BCUT2D eigenvalue weighted by Crippen LogP contribution is -2.32. The summed E-state index contributed by atoms with van der Waals surface area (Å²) in [6.45, 7) is 3.64. The maximum absolute atomic E-state index is 11.9. The summed E-state index contributed by atoms with van der Waals surface area (Å²) in [5.41, 5.74) is 0. The van der Waals surface area contributed by atoms with Crippen molar-refractivity contribution in [1.29, 1.82) is 0 Å². The van der Waals surface area contributed by atoms with Crippen molar-refractivity contribution in [2.45, 2.75) is 52.2 Å². The molecule has 0 saturated heterocycles. The number of esters is 1.